The number of nitrogens with zero attached hydrogens (tertiary/aromatic N) is 2. The first-order valence-electron chi connectivity index (χ1n) is 10.2. The Hall–Kier alpha value is -3.32. The minimum Gasteiger partial charge on any atom is -0.454 e. The minimum absolute atomic E-state index is 0.00495. The maximum absolute atomic E-state index is 12.6. The van der Waals surface area contributed by atoms with Crippen molar-refractivity contribution in [3.05, 3.63) is 75.5 Å². The Labute approximate surface area is 185 Å². The summed E-state index contributed by atoms with van der Waals surface area (Å²) in [6.07, 6.45) is 0. The van der Waals surface area contributed by atoms with Gasteiger partial charge in [-0.1, -0.05) is 30.3 Å². The van der Waals surface area contributed by atoms with Crippen molar-refractivity contribution in [2.45, 2.75) is 13.0 Å². The Kier molecular flexibility index (Phi) is 5.11. The van der Waals surface area contributed by atoms with Crippen LogP contribution in [0.2, 0.25) is 0 Å². The summed E-state index contributed by atoms with van der Waals surface area (Å²) < 4.78 is 11.3. The van der Waals surface area contributed by atoms with Crippen molar-refractivity contribution in [2.24, 2.45) is 4.99 Å². The highest BCUT2D eigenvalue weighted by atomic mass is 32.1. The number of hydrogen-bond acceptors (Lipinski definition) is 6. The fourth-order valence-corrected chi connectivity index (χ4v) is 4.70. The lowest BCUT2D eigenvalue weighted by Crippen LogP contribution is -2.43. The molecule has 3 aromatic rings. The normalized spacial score (nSPS) is 17.0. The smallest absolute Gasteiger partial charge is 0.261 e. The molecule has 2 aromatic carbocycles. The summed E-state index contributed by atoms with van der Waals surface area (Å²) in [4.78, 5) is 21.6. The van der Waals surface area contributed by atoms with Crippen LogP contribution in [-0.4, -0.2) is 44.6 Å². The lowest BCUT2D eigenvalue weighted by atomic mass is 9.99. The Morgan fingerprint density at radius 2 is 1.94 bits per heavy atom. The monoisotopic (exact) mass is 433 g/mol. The summed E-state index contributed by atoms with van der Waals surface area (Å²) in [5, 5.41) is 3.08. The molecule has 1 aromatic heterocycles. The van der Waals surface area contributed by atoms with E-state index < -0.39 is 0 Å². The van der Waals surface area contributed by atoms with E-state index in [0.29, 0.717) is 13.1 Å². The molecular weight excluding hydrogens is 410 g/mol. The van der Waals surface area contributed by atoms with E-state index in [-0.39, 0.29) is 18.7 Å². The van der Waals surface area contributed by atoms with Crippen LogP contribution in [0, 0.1) is 6.92 Å². The number of carbonyl (C=O) groups excluding carboxylic acids is 1. The third-order valence-electron chi connectivity index (χ3n) is 5.64. The number of amides is 1. The highest BCUT2D eigenvalue weighted by molar-refractivity contribution is 7.13. The van der Waals surface area contributed by atoms with Gasteiger partial charge in [-0.25, -0.2) is 0 Å². The molecule has 1 N–H and O–H groups in total. The summed E-state index contributed by atoms with van der Waals surface area (Å²) >= 11 is 1.50. The molecule has 3 heterocycles. The first-order valence-corrected chi connectivity index (χ1v) is 11.0. The average molecular weight is 434 g/mol. The molecule has 0 bridgehead atoms. The van der Waals surface area contributed by atoms with Crippen LogP contribution < -0.4 is 19.7 Å². The van der Waals surface area contributed by atoms with Crippen LogP contribution in [0.3, 0.4) is 0 Å². The van der Waals surface area contributed by atoms with Gasteiger partial charge in [0.05, 0.1) is 28.9 Å². The second kappa shape index (κ2) is 8.07. The molecule has 0 saturated heterocycles. The van der Waals surface area contributed by atoms with Gasteiger partial charge in [0.25, 0.3) is 5.91 Å². The Balaban J connectivity index is 1.47. The maximum Gasteiger partial charge on any atom is 0.261 e. The zero-order chi connectivity index (χ0) is 21.4. The van der Waals surface area contributed by atoms with E-state index in [2.05, 4.69) is 22.3 Å². The molecule has 5 rings (SSSR count). The second-order valence-electron chi connectivity index (χ2n) is 7.66. The number of fused-ring (bicyclic) bond motifs is 2. The highest BCUT2D eigenvalue weighted by Crippen LogP contribution is 2.40. The molecule has 0 saturated carbocycles. The number of nitrogens with one attached hydrogen (secondary N) is 1. The molecule has 6 nitrogen and oxygen atoms in total. The van der Waals surface area contributed by atoms with Crippen LogP contribution in [0.25, 0.3) is 0 Å². The Morgan fingerprint density at radius 1 is 1.16 bits per heavy atom. The van der Waals surface area contributed by atoms with Gasteiger partial charge < -0.3 is 19.7 Å². The van der Waals surface area contributed by atoms with E-state index in [1.54, 1.807) is 0 Å². The highest BCUT2D eigenvalue weighted by Gasteiger charge is 2.28. The van der Waals surface area contributed by atoms with E-state index in [4.69, 9.17) is 14.5 Å². The molecule has 0 fully saturated rings. The fourth-order valence-electron chi connectivity index (χ4n) is 3.91. The number of anilines is 1. The molecule has 0 spiro atoms. The SMILES string of the molecule is Cc1ccc(C(=O)NCC2CN=C(c3ccccc3)c3cc4c(cc3N2C)OCO4)s1. The minimum atomic E-state index is -0.0473. The van der Waals surface area contributed by atoms with E-state index in [1.165, 1.54) is 11.3 Å². The Bertz CT molecular complexity index is 1160. The van der Waals surface area contributed by atoms with Crippen molar-refractivity contribution in [1.82, 2.24) is 5.32 Å². The van der Waals surface area contributed by atoms with Gasteiger partial charge in [0.15, 0.2) is 11.5 Å². The lowest BCUT2D eigenvalue weighted by molar-refractivity contribution is 0.0955. The van der Waals surface area contributed by atoms with Crippen LogP contribution >= 0.6 is 11.3 Å². The summed E-state index contributed by atoms with van der Waals surface area (Å²) in [5.41, 5.74) is 3.98. The van der Waals surface area contributed by atoms with Gasteiger partial charge in [-0.2, -0.15) is 0 Å². The average Bonchev–Trinajstić information content (AvgIpc) is 3.41. The van der Waals surface area contributed by atoms with Crippen LogP contribution in [0.4, 0.5) is 5.69 Å². The number of likely N-dealkylation sites (N-methyl/N-ethyl adjacent to an activating group) is 1. The number of benzene rings is 2. The van der Waals surface area contributed by atoms with Gasteiger partial charge in [0, 0.05) is 35.7 Å². The molecule has 0 radical (unpaired) electrons. The molecule has 1 unspecified atom stereocenters. The molecule has 2 aliphatic rings. The van der Waals surface area contributed by atoms with Crippen LogP contribution in [-0.2, 0) is 0 Å². The van der Waals surface area contributed by atoms with Gasteiger partial charge in [-0.3, -0.25) is 9.79 Å². The number of hydrogen-bond donors (Lipinski definition) is 1. The quantitative estimate of drug-likeness (QED) is 0.679. The zero-order valence-corrected chi connectivity index (χ0v) is 18.2. The standard InChI is InChI=1S/C24H23N3O3S/c1-15-8-9-22(31-15)24(28)26-13-17-12-25-23(16-6-4-3-5-7-16)18-10-20-21(30-14-29-20)11-19(18)27(17)2/h3-11,17H,12-14H2,1-2H3,(H,26,28). The van der Waals surface area contributed by atoms with Crippen molar-refractivity contribution >= 4 is 28.6 Å². The summed E-state index contributed by atoms with van der Waals surface area (Å²) in [6, 6.07) is 18.0. The number of ether oxygens (including phenoxy) is 2. The summed E-state index contributed by atoms with van der Waals surface area (Å²) in [5.74, 6) is 1.42. The van der Waals surface area contributed by atoms with E-state index in [9.17, 15) is 4.79 Å². The van der Waals surface area contributed by atoms with Crippen molar-refractivity contribution in [1.29, 1.82) is 0 Å². The van der Waals surface area contributed by atoms with Gasteiger partial charge in [0.1, 0.15) is 0 Å². The third-order valence-corrected chi connectivity index (χ3v) is 6.64. The third kappa shape index (κ3) is 3.77. The largest absolute Gasteiger partial charge is 0.454 e. The molecule has 158 valence electrons. The van der Waals surface area contributed by atoms with E-state index >= 15 is 0 Å². The number of rotatable bonds is 4. The van der Waals surface area contributed by atoms with Crippen molar-refractivity contribution in [2.75, 3.05) is 31.8 Å². The molecule has 2 aliphatic heterocycles. The number of carbonyl (C=O) groups is 1. The lowest BCUT2D eigenvalue weighted by Gasteiger charge is -2.29. The van der Waals surface area contributed by atoms with Gasteiger partial charge >= 0.3 is 0 Å². The zero-order valence-electron chi connectivity index (χ0n) is 17.4. The molecule has 7 heteroatoms. The number of thiophene rings is 1. The van der Waals surface area contributed by atoms with E-state index in [0.717, 1.165) is 43.8 Å². The van der Waals surface area contributed by atoms with Crippen LogP contribution in [0.5, 0.6) is 11.5 Å². The fraction of sp³-hybridized carbons (Fsp3) is 0.250. The van der Waals surface area contributed by atoms with Crippen molar-refractivity contribution < 1.29 is 14.3 Å². The molecule has 1 atom stereocenters. The predicted molar refractivity (Wildman–Crippen MR) is 123 cm³/mol. The Morgan fingerprint density at radius 3 is 2.68 bits per heavy atom. The summed E-state index contributed by atoms with van der Waals surface area (Å²) in [6.45, 7) is 3.28. The van der Waals surface area contributed by atoms with Gasteiger partial charge in [0.2, 0.25) is 6.79 Å². The van der Waals surface area contributed by atoms with Crippen LogP contribution in [0.15, 0.2) is 59.6 Å². The topological polar surface area (TPSA) is 63.2 Å². The van der Waals surface area contributed by atoms with Crippen molar-refractivity contribution in [3.63, 3.8) is 0 Å². The number of aliphatic imine (C=N–C) groups is 1. The molecular formula is C24H23N3O3S. The van der Waals surface area contributed by atoms with Crippen LogP contribution in [0.1, 0.15) is 25.7 Å². The number of aryl methyl sites for hydroxylation is 1. The maximum atomic E-state index is 12.6. The summed E-state index contributed by atoms with van der Waals surface area (Å²) in [7, 11) is 2.04. The first kappa shape index (κ1) is 19.6. The van der Waals surface area contributed by atoms with Gasteiger partial charge in [-0.05, 0) is 25.1 Å². The van der Waals surface area contributed by atoms with Crippen molar-refractivity contribution in [3.8, 4) is 11.5 Å². The first-order chi connectivity index (χ1) is 15.1. The van der Waals surface area contributed by atoms with Gasteiger partial charge in [-0.15, -0.1) is 11.3 Å². The van der Waals surface area contributed by atoms with E-state index in [1.807, 2.05) is 56.4 Å². The molecule has 1 amide bonds. The second-order valence-corrected chi connectivity index (χ2v) is 8.95. The predicted octanol–water partition coefficient (Wildman–Crippen LogP) is 3.87. The molecule has 31 heavy (non-hydrogen) atoms. The molecule has 0 aliphatic carbocycles.